The predicted octanol–water partition coefficient (Wildman–Crippen LogP) is 0.819. The van der Waals surface area contributed by atoms with Gasteiger partial charge in [0.25, 0.3) is 0 Å². The molecule has 3 rings (SSSR count). The molecule has 2 heterocycles. The minimum atomic E-state index is -0.709. The molecule has 1 saturated heterocycles. The third kappa shape index (κ3) is 1.56. The molecule has 0 bridgehead atoms. The second-order valence-electron chi connectivity index (χ2n) is 4.89. The molecular weight excluding hydrogens is 216 g/mol. The highest BCUT2D eigenvalue weighted by molar-refractivity contribution is 5.80. The zero-order valence-corrected chi connectivity index (χ0v) is 9.65. The van der Waals surface area contributed by atoms with Crippen LogP contribution in [0.2, 0.25) is 0 Å². The molecule has 0 aliphatic carbocycles. The first-order valence-corrected chi connectivity index (χ1v) is 5.98. The van der Waals surface area contributed by atoms with Gasteiger partial charge in [0.05, 0.1) is 0 Å². The van der Waals surface area contributed by atoms with Crippen LogP contribution in [0.25, 0.3) is 0 Å². The highest BCUT2D eigenvalue weighted by Crippen LogP contribution is 2.33. The molecule has 1 aromatic rings. The van der Waals surface area contributed by atoms with Gasteiger partial charge in [-0.2, -0.15) is 0 Å². The van der Waals surface area contributed by atoms with Crippen molar-refractivity contribution in [1.82, 2.24) is 10.2 Å². The first-order chi connectivity index (χ1) is 8.22. The summed E-state index contributed by atoms with van der Waals surface area (Å²) in [5, 5.41) is 12.7. The van der Waals surface area contributed by atoms with Gasteiger partial charge in [-0.15, -0.1) is 0 Å². The Morgan fingerprint density at radius 2 is 1.94 bits per heavy atom. The van der Waals surface area contributed by atoms with E-state index in [-0.39, 0.29) is 0 Å². The van der Waals surface area contributed by atoms with Crippen molar-refractivity contribution in [2.24, 2.45) is 0 Å². The molecule has 0 aromatic heterocycles. The monoisotopic (exact) mass is 232 g/mol. The number of benzene rings is 1. The van der Waals surface area contributed by atoms with Crippen LogP contribution in [-0.4, -0.2) is 34.6 Å². The normalized spacial score (nSPS) is 28.2. The lowest BCUT2D eigenvalue weighted by molar-refractivity contribution is -0.150. The van der Waals surface area contributed by atoms with E-state index in [0.717, 1.165) is 19.6 Å². The molecule has 17 heavy (non-hydrogen) atoms. The number of rotatable bonds is 2. The van der Waals surface area contributed by atoms with Crippen molar-refractivity contribution in [1.29, 1.82) is 0 Å². The van der Waals surface area contributed by atoms with Crippen LogP contribution in [0.4, 0.5) is 0 Å². The van der Waals surface area contributed by atoms with Gasteiger partial charge < -0.3 is 10.4 Å². The summed E-state index contributed by atoms with van der Waals surface area (Å²) in [6.45, 7) is 2.85. The summed E-state index contributed by atoms with van der Waals surface area (Å²) in [6.07, 6.45) is 0.691. The molecule has 2 aliphatic heterocycles. The van der Waals surface area contributed by atoms with Crippen LogP contribution in [0, 0.1) is 0 Å². The number of fused-ring (bicyclic) bond motifs is 1. The maximum atomic E-state index is 11.6. The van der Waals surface area contributed by atoms with E-state index in [0.29, 0.717) is 13.0 Å². The van der Waals surface area contributed by atoms with Crippen LogP contribution in [0.3, 0.4) is 0 Å². The van der Waals surface area contributed by atoms with Gasteiger partial charge in [-0.3, -0.25) is 9.69 Å². The lowest BCUT2D eigenvalue weighted by Gasteiger charge is -2.33. The van der Waals surface area contributed by atoms with Crippen LogP contribution in [0.1, 0.15) is 17.5 Å². The molecule has 1 atom stereocenters. The molecule has 0 saturated carbocycles. The van der Waals surface area contributed by atoms with Gasteiger partial charge >= 0.3 is 5.97 Å². The second-order valence-corrected chi connectivity index (χ2v) is 4.89. The lowest BCUT2D eigenvalue weighted by atomic mass is 9.96. The lowest BCUT2D eigenvalue weighted by Crippen LogP contribution is -2.53. The Kier molecular flexibility index (Phi) is 2.42. The topological polar surface area (TPSA) is 52.6 Å². The van der Waals surface area contributed by atoms with Crippen molar-refractivity contribution in [3.63, 3.8) is 0 Å². The van der Waals surface area contributed by atoms with Crippen molar-refractivity contribution < 1.29 is 9.90 Å². The quantitative estimate of drug-likeness (QED) is 0.792. The predicted molar refractivity (Wildman–Crippen MR) is 63.5 cm³/mol. The van der Waals surface area contributed by atoms with E-state index in [4.69, 9.17) is 0 Å². The fourth-order valence-electron chi connectivity index (χ4n) is 2.90. The minimum Gasteiger partial charge on any atom is -0.480 e. The fourth-order valence-corrected chi connectivity index (χ4v) is 2.90. The maximum Gasteiger partial charge on any atom is 0.325 e. The summed E-state index contributed by atoms with van der Waals surface area (Å²) >= 11 is 0. The van der Waals surface area contributed by atoms with E-state index in [9.17, 15) is 9.90 Å². The number of carboxylic acid groups (broad SMARTS) is 1. The summed E-state index contributed by atoms with van der Waals surface area (Å²) in [5.74, 6) is -0.699. The zero-order chi connectivity index (χ0) is 11.9. The summed E-state index contributed by atoms with van der Waals surface area (Å²) in [5.41, 5.74) is 1.82. The summed E-state index contributed by atoms with van der Waals surface area (Å²) in [6, 6.07) is 8.21. The van der Waals surface area contributed by atoms with Crippen LogP contribution in [0.5, 0.6) is 0 Å². The van der Waals surface area contributed by atoms with Crippen molar-refractivity contribution in [3.05, 3.63) is 35.4 Å². The van der Waals surface area contributed by atoms with E-state index in [1.54, 1.807) is 0 Å². The van der Waals surface area contributed by atoms with E-state index < -0.39 is 11.5 Å². The number of nitrogens with one attached hydrogen (secondary N) is 1. The van der Waals surface area contributed by atoms with Gasteiger partial charge in [-0.25, -0.2) is 0 Å². The van der Waals surface area contributed by atoms with E-state index in [1.807, 2.05) is 12.1 Å². The van der Waals surface area contributed by atoms with Gasteiger partial charge in [0.15, 0.2) is 0 Å². The molecule has 0 spiro atoms. The average molecular weight is 232 g/mol. The molecule has 4 nitrogen and oxygen atoms in total. The third-order valence-corrected chi connectivity index (χ3v) is 3.98. The molecule has 1 fully saturated rings. The van der Waals surface area contributed by atoms with Crippen LogP contribution < -0.4 is 5.32 Å². The Balaban J connectivity index is 1.90. The number of nitrogens with zero attached hydrogens (tertiary/aromatic N) is 1. The Bertz CT molecular complexity index is 427. The second kappa shape index (κ2) is 3.82. The molecule has 90 valence electrons. The Morgan fingerprint density at radius 3 is 2.41 bits per heavy atom. The van der Waals surface area contributed by atoms with Crippen LogP contribution in [-0.2, 0) is 17.9 Å². The van der Waals surface area contributed by atoms with Gasteiger partial charge in [0.1, 0.15) is 5.54 Å². The number of hydrogen-bond donors (Lipinski definition) is 2. The number of aliphatic carboxylic acids is 1. The number of carbonyl (C=O) groups is 1. The van der Waals surface area contributed by atoms with Crippen molar-refractivity contribution in [3.8, 4) is 0 Å². The van der Waals surface area contributed by atoms with Gasteiger partial charge in [0, 0.05) is 19.6 Å². The number of hydrogen-bond acceptors (Lipinski definition) is 3. The van der Waals surface area contributed by atoms with E-state index in [1.165, 1.54) is 11.1 Å². The van der Waals surface area contributed by atoms with E-state index >= 15 is 0 Å². The van der Waals surface area contributed by atoms with Crippen LogP contribution in [0.15, 0.2) is 24.3 Å². The largest absolute Gasteiger partial charge is 0.480 e. The molecule has 0 radical (unpaired) electrons. The van der Waals surface area contributed by atoms with Crippen LogP contribution >= 0.6 is 0 Å². The summed E-state index contributed by atoms with van der Waals surface area (Å²) in [4.78, 5) is 13.7. The maximum absolute atomic E-state index is 11.6. The van der Waals surface area contributed by atoms with Crippen molar-refractivity contribution in [2.75, 3.05) is 13.1 Å². The first-order valence-electron chi connectivity index (χ1n) is 5.98. The van der Waals surface area contributed by atoms with Crippen molar-refractivity contribution >= 4 is 5.97 Å². The Hall–Kier alpha value is -1.39. The molecule has 2 N–H and O–H groups in total. The minimum absolute atomic E-state index is 0.552. The average Bonchev–Trinajstić information content (AvgIpc) is 2.96. The molecule has 4 heteroatoms. The molecule has 2 aliphatic rings. The Labute approximate surface area is 100 Å². The third-order valence-electron chi connectivity index (χ3n) is 3.98. The highest BCUT2D eigenvalue weighted by Gasteiger charge is 2.48. The molecule has 0 amide bonds. The molecular formula is C13H16N2O2. The highest BCUT2D eigenvalue weighted by atomic mass is 16.4. The number of carboxylic acids is 1. The van der Waals surface area contributed by atoms with Gasteiger partial charge in [0.2, 0.25) is 0 Å². The van der Waals surface area contributed by atoms with Crippen molar-refractivity contribution in [2.45, 2.75) is 25.0 Å². The molecule has 1 unspecified atom stereocenters. The van der Waals surface area contributed by atoms with E-state index in [2.05, 4.69) is 22.3 Å². The summed E-state index contributed by atoms with van der Waals surface area (Å²) in [7, 11) is 0. The zero-order valence-electron chi connectivity index (χ0n) is 9.65. The standard InChI is InChI=1S/C13H16N2O2/c16-12(17)13(5-6-14-9-13)15-7-10-3-1-2-4-11(10)8-15/h1-4,14H,5-9H2,(H,16,17). The molecule has 1 aromatic carbocycles. The Morgan fingerprint density at radius 1 is 1.29 bits per heavy atom. The SMILES string of the molecule is O=C(O)C1(N2Cc3ccccc3C2)CCNC1. The van der Waals surface area contributed by atoms with Gasteiger partial charge in [-0.05, 0) is 24.1 Å². The van der Waals surface area contributed by atoms with Gasteiger partial charge in [-0.1, -0.05) is 24.3 Å². The summed E-state index contributed by atoms with van der Waals surface area (Å²) < 4.78 is 0. The smallest absolute Gasteiger partial charge is 0.325 e. The first kappa shape index (κ1) is 10.7. The fraction of sp³-hybridized carbons (Fsp3) is 0.462.